The van der Waals surface area contributed by atoms with E-state index in [1.807, 2.05) is 11.0 Å². The van der Waals surface area contributed by atoms with Crippen LogP contribution in [0, 0.1) is 11.3 Å². The third-order valence-corrected chi connectivity index (χ3v) is 11.0. The molecule has 1 saturated heterocycles. The van der Waals surface area contributed by atoms with Crippen molar-refractivity contribution >= 4 is 11.6 Å². The van der Waals surface area contributed by atoms with Gasteiger partial charge in [0.2, 0.25) is 0 Å². The van der Waals surface area contributed by atoms with Gasteiger partial charge >= 0.3 is 23.9 Å². The molecule has 1 heterocycles. The zero-order valence-corrected chi connectivity index (χ0v) is 29.5. The van der Waals surface area contributed by atoms with E-state index in [4.69, 9.17) is 5.26 Å². The smallest absolute Gasteiger partial charge is 0.292 e. The number of carbonyl (C=O) groups is 2. The average molecular weight is 751 g/mol. The molecular weight excluding hydrogens is 711 g/mol. The first-order valence-corrected chi connectivity index (χ1v) is 17.5. The summed E-state index contributed by atoms with van der Waals surface area (Å²) in [6.45, 7) is 5.48. The van der Waals surface area contributed by atoms with E-state index in [-0.39, 0.29) is 44.5 Å². The van der Waals surface area contributed by atoms with Crippen molar-refractivity contribution in [1.29, 1.82) is 5.26 Å². The van der Waals surface area contributed by atoms with Gasteiger partial charge in [-0.3, -0.25) is 14.5 Å². The SMILES string of the molecule is CCC(F)(F)C(F)(F)CCC1(CCC(F)(F)C(F)(F)F)c2cc(C(=O)c3ccc(C#N)cc3)ccc2-c2ccc(C(=O)C(C)(C)N3CCCCC3)cc21. The van der Waals surface area contributed by atoms with Gasteiger partial charge in [0, 0.05) is 41.4 Å². The fraction of sp³-hybridized carbons (Fsp3) is 0.475. The lowest BCUT2D eigenvalue weighted by Crippen LogP contribution is -2.52. The molecule has 2 aliphatic rings. The maximum absolute atomic E-state index is 15.3. The van der Waals surface area contributed by atoms with Gasteiger partial charge in [-0.2, -0.15) is 44.8 Å². The number of Topliss-reactive ketones (excluding diaryl/α,β-unsaturated/α-hetero) is 1. The summed E-state index contributed by atoms with van der Waals surface area (Å²) < 4.78 is 130. The molecule has 1 aliphatic heterocycles. The van der Waals surface area contributed by atoms with E-state index in [1.54, 1.807) is 13.8 Å². The molecule has 1 aliphatic carbocycles. The minimum absolute atomic E-state index is 0.0376. The van der Waals surface area contributed by atoms with Crippen molar-refractivity contribution < 1.29 is 49.1 Å². The molecule has 284 valence electrons. The lowest BCUT2D eigenvalue weighted by Gasteiger charge is -2.40. The summed E-state index contributed by atoms with van der Waals surface area (Å²) in [5, 5.41) is 9.15. The molecule has 5 rings (SSSR count). The van der Waals surface area contributed by atoms with E-state index >= 15 is 8.78 Å². The number of hydrogen-bond donors (Lipinski definition) is 0. The first-order valence-electron chi connectivity index (χ1n) is 17.5. The second-order valence-electron chi connectivity index (χ2n) is 14.5. The first-order chi connectivity index (χ1) is 24.6. The fourth-order valence-electron chi connectivity index (χ4n) is 7.58. The summed E-state index contributed by atoms with van der Waals surface area (Å²) in [7, 11) is 0. The average Bonchev–Trinajstić information content (AvgIpc) is 3.40. The Bertz CT molecular complexity index is 1910. The van der Waals surface area contributed by atoms with Crippen LogP contribution < -0.4 is 0 Å². The van der Waals surface area contributed by atoms with Crippen LogP contribution in [-0.4, -0.2) is 59.0 Å². The molecule has 13 heteroatoms. The maximum Gasteiger partial charge on any atom is 0.453 e. The number of nitriles is 1. The van der Waals surface area contributed by atoms with Crippen molar-refractivity contribution in [3.8, 4) is 17.2 Å². The van der Waals surface area contributed by atoms with Crippen molar-refractivity contribution in [3.05, 3.63) is 94.0 Å². The molecule has 3 aromatic rings. The monoisotopic (exact) mass is 750 g/mol. The largest absolute Gasteiger partial charge is 0.453 e. The molecule has 0 radical (unpaired) electrons. The van der Waals surface area contributed by atoms with Crippen LogP contribution >= 0.6 is 0 Å². The maximum atomic E-state index is 15.3. The number of hydrogen-bond acceptors (Lipinski definition) is 4. The van der Waals surface area contributed by atoms with Gasteiger partial charge in [-0.05, 0) is 111 Å². The van der Waals surface area contributed by atoms with Gasteiger partial charge in [-0.15, -0.1) is 0 Å². The molecule has 0 saturated carbocycles. The minimum atomic E-state index is -6.01. The summed E-state index contributed by atoms with van der Waals surface area (Å²) >= 11 is 0. The van der Waals surface area contributed by atoms with Crippen LogP contribution in [-0.2, 0) is 5.41 Å². The second kappa shape index (κ2) is 14.2. The first kappa shape index (κ1) is 40.0. The van der Waals surface area contributed by atoms with E-state index in [0.717, 1.165) is 26.2 Å². The number of rotatable bonds is 13. The minimum Gasteiger partial charge on any atom is -0.292 e. The zero-order valence-electron chi connectivity index (χ0n) is 29.5. The summed E-state index contributed by atoms with van der Waals surface area (Å²) in [6.07, 6.45) is -10.3. The number of nitrogens with zero attached hydrogens (tertiary/aromatic N) is 2. The van der Waals surface area contributed by atoms with Crippen molar-refractivity contribution in [3.63, 3.8) is 0 Å². The van der Waals surface area contributed by atoms with Crippen molar-refractivity contribution in [2.75, 3.05) is 13.1 Å². The number of alkyl halides is 9. The summed E-state index contributed by atoms with van der Waals surface area (Å²) in [4.78, 5) is 29.8. The standard InChI is InChI=1S/C40H39F9N2O2/c1-4-37(41,42)38(43,44)18-16-36(17-19-39(45,46)40(47,48)49)31-22-27(33(52)26-10-8-25(24-50)9-11-26)12-14-29(31)30-15-13-28(23-32(30)36)34(53)35(2,3)51-20-6-5-7-21-51/h8-15,22-23H,4-7,16-21H2,1-3H3. The molecular formula is C40H39F9N2O2. The fourth-order valence-corrected chi connectivity index (χ4v) is 7.58. The molecule has 0 N–H and O–H groups in total. The van der Waals surface area contributed by atoms with Crippen LogP contribution in [0.25, 0.3) is 11.1 Å². The number of benzene rings is 3. The number of fused-ring (bicyclic) bond motifs is 3. The topological polar surface area (TPSA) is 61.2 Å². The summed E-state index contributed by atoms with van der Waals surface area (Å²) in [5.41, 5.74) is -2.63. The molecule has 53 heavy (non-hydrogen) atoms. The third kappa shape index (κ3) is 7.36. The molecule has 0 spiro atoms. The zero-order chi connectivity index (χ0) is 39.2. The number of piperidine rings is 1. The lowest BCUT2D eigenvalue weighted by atomic mass is 9.69. The Balaban J connectivity index is 1.72. The van der Waals surface area contributed by atoms with E-state index < -0.39 is 78.6 Å². The quantitative estimate of drug-likeness (QED) is 0.129. The number of ketones is 2. The second-order valence-corrected chi connectivity index (χ2v) is 14.5. The van der Waals surface area contributed by atoms with Crippen LogP contribution in [0.2, 0.25) is 0 Å². The van der Waals surface area contributed by atoms with Gasteiger partial charge in [0.15, 0.2) is 11.6 Å². The van der Waals surface area contributed by atoms with Gasteiger partial charge < -0.3 is 0 Å². The van der Waals surface area contributed by atoms with Crippen molar-refractivity contribution in [1.82, 2.24) is 4.90 Å². The molecule has 0 amide bonds. The van der Waals surface area contributed by atoms with E-state index in [2.05, 4.69) is 0 Å². The van der Waals surface area contributed by atoms with Crippen molar-refractivity contribution in [2.45, 2.75) is 107 Å². The van der Waals surface area contributed by atoms with E-state index in [1.165, 1.54) is 60.7 Å². The van der Waals surface area contributed by atoms with Gasteiger partial charge in [-0.25, -0.2) is 0 Å². The highest BCUT2D eigenvalue weighted by molar-refractivity contribution is 6.10. The Morgan fingerprint density at radius 2 is 1.19 bits per heavy atom. The van der Waals surface area contributed by atoms with Crippen LogP contribution in [0.15, 0.2) is 60.7 Å². The van der Waals surface area contributed by atoms with Gasteiger partial charge in [0.05, 0.1) is 17.2 Å². The van der Waals surface area contributed by atoms with Gasteiger partial charge in [0.1, 0.15) is 0 Å². The predicted molar refractivity (Wildman–Crippen MR) is 181 cm³/mol. The normalized spacial score (nSPS) is 18.3. The number of likely N-dealkylation sites (tertiary alicyclic amines) is 1. The molecule has 4 nitrogen and oxygen atoms in total. The van der Waals surface area contributed by atoms with Gasteiger partial charge in [0.25, 0.3) is 0 Å². The Morgan fingerprint density at radius 3 is 1.70 bits per heavy atom. The highest BCUT2D eigenvalue weighted by Crippen LogP contribution is 2.57. The van der Waals surface area contributed by atoms with Crippen molar-refractivity contribution in [2.24, 2.45) is 0 Å². The molecule has 3 aromatic carbocycles. The number of halogens is 9. The molecule has 1 fully saturated rings. The van der Waals surface area contributed by atoms with Crippen LogP contribution in [0.1, 0.15) is 115 Å². The Kier molecular flexibility index (Phi) is 10.7. The molecule has 0 aromatic heterocycles. The number of carbonyl (C=O) groups excluding carboxylic acids is 2. The summed E-state index contributed by atoms with van der Waals surface area (Å²) in [6, 6.07) is 15.6. The predicted octanol–water partition coefficient (Wildman–Crippen LogP) is 10.9. The summed E-state index contributed by atoms with van der Waals surface area (Å²) in [5.74, 6) is -15.6. The Labute approximate surface area is 302 Å². The Morgan fingerprint density at radius 1 is 0.698 bits per heavy atom. The van der Waals surface area contributed by atoms with Crippen LogP contribution in [0.5, 0.6) is 0 Å². The third-order valence-electron chi connectivity index (χ3n) is 11.0. The molecule has 1 atom stereocenters. The molecule has 0 bridgehead atoms. The highest BCUT2D eigenvalue weighted by atomic mass is 19.4. The van der Waals surface area contributed by atoms with Gasteiger partial charge in [-0.1, -0.05) is 37.6 Å². The van der Waals surface area contributed by atoms with Crippen LogP contribution in [0.4, 0.5) is 39.5 Å². The van der Waals surface area contributed by atoms with E-state index in [0.29, 0.717) is 13.1 Å². The van der Waals surface area contributed by atoms with Crippen LogP contribution in [0.3, 0.4) is 0 Å². The van der Waals surface area contributed by atoms with E-state index in [9.17, 15) is 40.3 Å². The highest BCUT2D eigenvalue weighted by Gasteiger charge is 2.60. The lowest BCUT2D eigenvalue weighted by molar-refractivity contribution is -0.285. The Hall–Kier alpha value is -4.18. The molecule has 1 unspecified atom stereocenters.